The van der Waals surface area contributed by atoms with Crippen LogP contribution in [0.4, 0.5) is 0 Å². The molecule has 0 unspecified atom stereocenters. The van der Waals surface area contributed by atoms with Gasteiger partial charge in [0.25, 0.3) is 0 Å². The van der Waals surface area contributed by atoms with Gasteiger partial charge in [-0.15, -0.1) is 0 Å². The molecule has 1 aromatic carbocycles. The number of benzene rings is 1. The number of hydrogen-bond donors (Lipinski definition) is 3. The molecule has 0 saturated carbocycles. The van der Waals surface area contributed by atoms with Gasteiger partial charge in [-0.25, -0.2) is 0 Å². The molecule has 1 aromatic rings. The van der Waals surface area contributed by atoms with Gasteiger partial charge in [-0.05, 0) is 0 Å². The number of hydrogen-bond acceptors (Lipinski definition) is 9. The van der Waals surface area contributed by atoms with Crippen molar-refractivity contribution < 1.29 is 29.5 Å². The molecule has 3 aliphatic rings. The number of phenols is 3. The van der Waals surface area contributed by atoms with E-state index in [4.69, 9.17) is 14.2 Å². The molecular formula is C21H33N3O6. The highest BCUT2D eigenvalue weighted by molar-refractivity contribution is 5.61. The predicted octanol–water partition coefficient (Wildman–Crippen LogP) is 0.300. The molecule has 0 spiro atoms. The number of aromatic hydroxyl groups is 3. The molecule has 30 heavy (non-hydrogen) atoms. The Hall–Kier alpha value is -1.62. The average Bonchev–Trinajstić information content (AvgIpc) is 2.79. The summed E-state index contributed by atoms with van der Waals surface area (Å²) in [7, 11) is 0. The van der Waals surface area contributed by atoms with E-state index >= 15 is 0 Å². The van der Waals surface area contributed by atoms with E-state index in [-0.39, 0.29) is 17.2 Å². The zero-order chi connectivity index (χ0) is 20.9. The molecule has 3 N–H and O–H groups in total. The number of morpholine rings is 3. The second-order valence-corrected chi connectivity index (χ2v) is 8.15. The quantitative estimate of drug-likeness (QED) is 0.597. The van der Waals surface area contributed by atoms with E-state index in [0.29, 0.717) is 76.0 Å². The number of rotatable bonds is 6. The van der Waals surface area contributed by atoms with E-state index in [1.807, 2.05) is 0 Å². The highest BCUT2D eigenvalue weighted by Crippen LogP contribution is 2.44. The van der Waals surface area contributed by atoms with E-state index in [1.165, 1.54) is 0 Å². The summed E-state index contributed by atoms with van der Waals surface area (Å²) in [6.07, 6.45) is 0. The van der Waals surface area contributed by atoms with Gasteiger partial charge in [0.05, 0.1) is 56.3 Å². The van der Waals surface area contributed by atoms with Gasteiger partial charge in [0.15, 0.2) is 0 Å². The third-order valence-corrected chi connectivity index (χ3v) is 6.17. The molecule has 0 radical (unpaired) electrons. The first-order chi connectivity index (χ1) is 14.6. The van der Waals surface area contributed by atoms with Gasteiger partial charge in [0.1, 0.15) is 17.2 Å². The fraction of sp³-hybridized carbons (Fsp3) is 0.714. The lowest BCUT2D eigenvalue weighted by Crippen LogP contribution is -2.37. The van der Waals surface area contributed by atoms with Crippen LogP contribution in [-0.2, 0) is 33.8 Å². The van der Waals surface area contributed by atoms with Gasteiger partial charge in [-0.1, -0.05) is 0 Å². The van der Waals surface area contributed by atoms with Crippen molar-refractivity contribution in [2.45, 2.75) is 19.6 Å². The molecule has 3 saturated heterocycles. The molecule has 0 atom stereocenters. The highest BCUT2D eigenvalue weighted by Gasteiger charge is 2.28. The third-order valence-electron chi connectivity index (χ3n) is 6.17. The second-order valence-electron chi connectivity index (χ2n) is 8.15. The summed E-state index contributed by atoms with van der Waals surface area (Å²) < 4.78 is 16.3. The van der Waals surface area contributed by atoms with Gasteiger partial charge in [-0.2, -0.15) is 0 Å². The van der Waals surface area contributed by atoms with Crippen LogP contribution in [0, 0.1) is 0 Å². The van der Waals surface area contributed by atoms with Crippen molar-refractivity contribution in [1.82, 2.24) is 14.7 Å². The Balaban J connectivity index is 1.65. The summed E-state index contributed by atoms with van der Waals surface area (Å²) in [6, 6.07) is 0. The molecule has 0 aliphatic carbocycles. The van der Waals surface area contributed by atoms with Crippen molar-refractivity contribution >= 4 is 0 Å². The average molecular weight is 424 g/mol. The minimum absolute atomic E-state index is 0.00582. The van der Waals surface area contributed by atoms with Crippen molar-refractivity contribution in [3.05, 3.63) is 16.7 Å². The fourth-order valence-electron chi connectivity index (χ4n) is 4.28. The number of phenolic OH excluding ortho intramolecular Hbond substituents is 3. The second kappa shape index (κ2) is 10.1. The fourth-order valence-corrected chi connectivity index (χ4v) is 4.28. The maximum absolute atomic E-state index is 11.1. The number of ether oxygens (including phenoxy) is 3. The summed E-state index contributed by atoms with van der Waals surface area (Å²) in [5.74, 6) is -0.0175. The van der Waals surface area contributed by atoms with Gasteiger partial charge >= 0.3 is 0 Å². The molecule has 9 nitrogen and oxygen atoms in total. The van der Waals surface area contributed by atoms with E-state index < -0.39 is 0 Å². The zero-order valence-corrected chi connectivity index (χ0v) is 17.5. The standard InChI is InChI=1S/C21H33N3O6/c25-19-16(13-22-1-7-28-8-2-22)20(26)18(15-24-5-11-30-12-6-24)21(27)17(19)14-23-3-9-29-10-4-23/h25-27H,1-15H2. The lowest BCUT2D eigenvalue weighted by Gasteiger charge is -2.31. The van der Waals surface area contributed by atoms with Gasteiger partial charge in [0.2, 0.25) is 0 Å². The minimum atomic E-state index is -0.00582. The molecule has 4 rings (SSSR count). The van der Waals surface area contributed by atoms with Crippen LogP contribution in [0.2, 0.25) is 0 Å². The largest absolute Gasteiger partial charge is 0.507 e. The summed E-state index contributed by atoms with van der Waals surface area (Å²) in [6.45, 7) is 9.60. The van der Waals surface area contributed by atoms with Crippen LogP contribution in [0.25, 0.3) is 0 Å². The van der Waals surface area contributed by atoms with Crippen LogP contribution in [0.15, 0.2) is 0 Å². The van der Waals surface area contributed by atoms with Crippen LogP contribution in [0.3, 0.4) is 0 Å². The molecule has 0 amide bonds. The topological polar surface area (TPSA) is 98.1 Å². The number of nitrogens with zero attached hydrogens (tertiary/aromatic N) is 3. The van der Waals surface area contributed by atoms with Crippen LogP contribution < -0.4 is 0 Å². The van der Waals surface area contributed by atoms with E-state index in [0.717, 1.165) is 39.3 Å². The van der Waals surface area contributed by atoms with E-state index in [9.17, 15) is 15.3 Å². The monoisotopic (exact) mass is 423 g/mol. The SMILES string of the molecule is Oc1c(CN2CCOCC2)c(O)c(CN2CCOCC2)c(O)c1CN1CCOCC1. The van der Waals surface area contributed by atoms with Crippen molar-refractivity contribution in [3.8, 4) is 17.2 Å². The first-order valence-electron chi connectivity index (χ1n) is 10.8. The Labute approximate surface area is 177 Å². The van der Waals surface area contributed by atoms with Crippen molar-refractivity contribution in [1.29, 1.82) is 0 Å². The van der Waals surface area contributed by atoms with E-state index in [1.54, 1.807) is 0 Å². The molecule has 3 heterocycles. The van der Waals surface area contributed by atoms with Crippen LogP contribution in [-0.4, -0.2) is 109 Å². The van der Waals surface area contributed by atoms with Crippen molar-refractivity contribution in [2.75, 3.05) is 78.9 Å². The Morgan fingerprint density at radius 1 is 0.467 bits per heavy atom. The maximum Gasteiger partial charge on any atom is 0.132 e. The smallest absolute Gasteiger partial charge is 0.132 e. The van der Waals surface area contributed by atoms with Crippen molar-refractivity contribution in [2.24, 2.45) is 0 Å². The zero-order valence-electron chi connectivity index (χ0n) is 17.5. The minimum Gasteiger partial charge on any atom is -0.507 e. The molecule has 168 valence electrons. The highest BCUT2D eigenvalue weighted by atomic mass is 16.5. The lowest BCUT2D eigenvalue weighted by atomic mass is 9.98. The van der Waals surface area contributed by atoms with Crippen LogP contribution in [0.5, 0.6) is 17.2 Å². The molecule has 0 aromatic heterocycles. The first kappa shape index (κ1) is 21.6. The predicted molar refractivity (Wildman–Crippen MR) is 110 cm³/mol. The third kappa shape index (κ3) is 4.99. The Bertz CT molecular complexity index is 597. The van der Waals surface area contributed by atoms with Crippen LogP contribution in [0.1, 0.15) is 16.7 Å². The van der Waals surface area contributed by atoms with Crippen molar-refractivity contribution in [3.63, 3.8) is 0 Å². The molecular weight excluding hydrogens is 390 g/mol. The summed E-state index contributed by atoms with van der Waals surface area (Å²) in [5.41, 5.74) is 1.46. The molecule has 3 aliphatic heterocycles. The normalized spacial score (nSPS) is 22.4. The van der Waals surface area contributed by atoms with Crippen LogP contribution >= 0.6 is 0 Å². The van der Waals surface area contributed by atoms with Gasteiger partial charge < -0.3 is 29.5 Å². The summed E-state index contributed by atoms with van der Waals surface area (Å²) >= 11 is 0. The Morgan fingerprint density at radius 3 is 0.933 bits per heavy atom. The van der Waals surface area contributed by atoms with Gasteiger partial charge in [-0.3, -0.25) is 14.7 Å². The molecule has 0 bridgehead atoms. The van der Waals surface area contributed by atoms with E-state index in [2.05, 4.69) is 14.7 Å². The lowest BCUT2D eigenvalue weighted by molar-refractivity contribution is 0.0310. The molecule has 9 heteroatoms. The molecule has 3 fully saturated rings. The summed E-state index contributed by atoms with van der Waals surface area (Å²) in [4.78, 5) is 6.48. The Morgan fingerprint density at radius 2 is 0.700 bits per heavy atom. The Kier molecular flexibility index (Phi) is 7.29. The van der Waals surface area contributed by atoms with Gasteiger partial charge in [0, 0.05) is 58.9 Å². The maximum atomic E-state index is 11.1. The summed E-state index contributed by atoms with van der Waals surface area (Å²) in [5, 5.41) is 33.2. The first-order valence-corrected chi connectivity index (χ1v) is 10.8.